The molecule has 82 valence electrons. The molecule has 0 saturated carbocycles. The molecule has 1 atom stereocenters. The summed E-state index contributed by atoms with van der Waals surface area (Å²) in [5.74, 6) is 0. The maximum Gasteiger partial charge on any atom is 0.405 e. The first kappa shape index (κ1) is 11.3. The van der Waals surface area contributed by atoms with Gasteiger partial charge in [-0.05, 0) is 24.8 Å². The van der Waals surface area contributed by atoms with Crippen LogP contribution in [0, 0.1) is 5.41 Å². The van der Waals surface area contributed by atoms with Gasteiger partial charge in [0, 0.05) is 6.54 Å². The Hall–Kier alpha value is -0.770. The predicted molar refractivity (Wildman–Crippen MR) is 55.5 cm³/mol. The van der Waals surface area contributed by atoms with Gasteiger partial charge in [-0.15, -0.1) is 0 Å². The largest absolute Gasteiger partial charge is 0.465 e. The van der Waals surface area contributed by atoms with E-state index in [0.29, 0.717) is 0 Å². The molecule has 0 aromatic rings. The molecule has 0 radical (unpaired) electrons. The van der Waals surface area contributed by atoms with Crippen molar-refractivity contribution in [1.29, 1.82) is 0 Å². The van der Waals surface area contributed by atoms with E-state index in [9.17, 15) is 4.79 Å². The fourth-order valence-corrected chi connectivity index (χ4v) is 2.04. The molecule has 0 aromatic carbocycles. The first-order chi connectivity index (χ1) is 6.37. The Morgan fingerprint density at radius 1 is 1.50 bits per heavy atom. The summed E-state index contributed by atoms with van der Waals surface area (Å²) in [6.07, 6.45) is 1.01. The van der Waals surface area contributed by atoms with Crippen LogP contribution in [0.4, 0.5) is 4.79 Å². The van der Waals surface area contributed by atoms with Crippen molar-refractivity contribution in [2.75, 3.05) is 13.1 Å². The van der Waals surface area contributed by atoms with Crippen LogP contribution in [0.1, 0.15) is 33.6 Å². The number of hydrogen-bond donors (Lipinski definition) is 3. The average molecular weight is 200 g/mol. The Morgan fingerprint density at radius 2 is 2.14 bits per heavy atom. The zero-order valence-corrected chi connectivity index (χ0v) is 9.18. The highest BCUT2D eigenvalue weighted by molar-refractivity contribution is 5.66. The number of nitrogens with one attached hydrogen (secondary N) is 2. The first-order valence-corrected chi connectivity index (χ1v) is 5.09. The smallest absolute Gasteiger partial charge is 0.405 e. The lowest BCUT2D eigenvalue weighted by Gasteiger charge is -2.47. The van der Waals surface area contributed by atoms with Crippen molar-refractivity contribution in [3.8, 4) is 0 Å². The van der Waals surface area contributed by atoms with Crippen LogP contribution < -0.4 is 10.6 Å². The molecule has 4 heteroatoms. The standard InChI is InChI=1S/C10H20N2O2/c1-9(2,3)10(12-8(13)14)5-4-6-11-7-10/h11-12H,4-7H2,1-3H3,(H,13,14)/t10-/m1/s1. The predicted octanol–water partition coefficient (Wildman–Crippen LogP) is 1.42. The molecular weight excluding hydrogens is 180 g/mol. The second-order valence-corrected chi connectivity index (χ2v) is 5.04. The minimum atomic E-state index is -0.927. The Bertz CT molecular complexity index is 215. The van der Waals surface area contributed by atoms with Crippen molar-refractivity contribution in [2.45, 2.75) is 39.2 Å². The van der Waals surface area contributed by atoms with Gasteiger partial charge in [-0.25, -0.2) is 4.79 Å². The summed E-state index contributed by atoms with van der Waals surface area (Å²) < 4.78 is 0. The van der Waals surface area contributed by atoms with E-state index in [1.165, 1.54) is 0 Å². The molecule has 1 aliphatic rings. The monoisotopic (exact) mass is 200 g/mol. The van der Waals surface area contributed by atoms with Crippen LogP contribution in [0.15, 0.2) is 0 Å². The third-order valence-electron chi connectivity index (χ3n) is 3.17. The first-order valence-electron chi connectivity index (χ1n) is 5.09. The molecule has 3 N–H and O–H groups in total. The summed E-state index contributed by atoms with van der Waals surface area (Å²) >= 11 is 0. The number of rotatable bonds is 1. The van der Waals surface area contributed by atoms with Crippen LogP contribution in [-0.4, -0.2) is 29.8 Å². The van der Waals surface area contributed by atoms with Crippen molar-refractivity contribution in [3.05, 3.63) is 0 Å². The molecule has 0 spiro atoms. The fourth-order valence-electron chi connectivity index (χ4n) is 2.04. The Morgan fingerprint density at radius 3 is 2.50 bits per heavy atom. The third-order valence-corrected chi connectivity index (χ3v) is 3.17. The van der Waals surface area contributed by atoms with Crippen LogP contribution in [-0.2, 0) is 0 Å². The summed E-state index contributed by atoms with van der Waals surface area (Å²) in [7, 11) is 0. The van der Waals surface area contributed by atoms with E-state index in [-0.39, 0.29) is 11.0 Å². The maximum absolute atomic E-state index is 10.8. The molecule has 1 heterocycles. The lowest BCUT2D eigenvalue weighted by Crippen LogP contribution is -2.64. The molecule has 14 heavy (non-hydrogen) atoms. The highest BCUT2D eigenvalue weighted by atomic mass is 16.4. The van der Waals surface area contributed by atoms with E-state index in [0.717, 1.165) is 25.9 Å². The summed E-state index contributed by atoms with van der Waals surface area (Å²) in [6, 6.07) is 0. The summed E-state index contributed by atoms with van der Waals surface area (Å²) in [6.45, 7) is 7.95. The zero-order chi connectivity index (χ0) is 10.8. The maximum atomic E-state index is 10.8. The van der Waals surface area contributed by atoms with Gasteiger partial charge in [0.2, 0.25) is 0 Å². The highest BCUT2D eigenvalue weighted by Gasteiger charge is 2.43. The highest BCUT2D eigenvalue weighted by Crippen LogP contribution is 2.35. The van der Waals surface area contributed by atoms with Gasteiger partial charge in [0.05, 0.1) is 5.54 Å². The number of piperidine rings is 1. The van der Waals surface area contributed by atoms with Gasteiger partial charge in [0.25, 0.3) is 0 Å². The molecule has 1 fully saturated rings. The van der Waals surface area contributed by atoms with E-state index in [1.54, 1.807) is 0 Å². The summed E-state index contributed by atoms with van der Waals surface area (Å²) in [5.41, 5.74) is -0.379. The Kier molecular flexibility index (Phi) is 3.04. The molecule has 1 rings (SSSR count). The minimum absolute atomic E-state index is 0.0567. The normalized spacial score (nSPS) is 28.5. The second-order valence-electron chi connectivity index (χ2n) is 5.04. The fraction of sp³-hybridized carbons (Fsp3) is 0.900. The second kappa shape index (κ2) is 3.77. The SMILES string of the molecule is CC(C)(C)[C@@]1(NC(=O)O)CCCNC1. The van der Waals surface area contributed by atoms with Crippen LogP contribution in [0.2, 0.25) is 0 Å². The van der Waals surface area contributed by atoms with Crippen LogP contribution >= 0.6 is 0 Å². The van der Waals surface area contributed by atoms with Gasteiger partial charge < -0.3 is 15.7 Å². The van der Waals surface area contributed by atoms with Gasteiger partial charge in [-0.3, -0.25) is 0 Å². The van der Waals surface area contributed by atoms with Crippen molar-refractivity contribution in [2.24, 2.45) is 5.41 Å². The van der Waals surface area contributed by atoms with Gasteiger partial charge in [0.15, 0.2) is 0 Å². The Labute approximate surface area is 85.1 Å². The molecule has 0 bridgehead atoms. The minimum Gasteiger partial charge on any atom is -0.465 e. The van der Waals surface area contributed by atoms with Gasteiger partial charge in [-0.1, -0.05) is 20.8 Å². The van der Waals surface area contributed by atoms with Crippen molar-refractivity contribution >= 4 is 6.09 Å². The van der Waals surface area contributed by atoms with Gasteiger partial charge in [0.1, 0.15) is 0 Å². The summed E-state index contributed by atoms with van der Waals surface area (Å²) in [4.78, 5) is 10.8. The van der Waals surface area contributed by atoms with E-state index in [2.05, 4.69) is 31.4 Å². The molecule has 1 saturated heterocycles. The Balaban J connectivity index is 2.83. The zero-order valence-electron chi connectivity index (χ0n) is 9.18. The molecule has 1 aliphatic heterocycles. The van der Waals surface area contributed by atoms with Gasteiger partial charge >= 0.3 is 6.09 Å². The van der Waals surface area contributed by atoms with E-state index < -0.39 is 6.09 Å². The van der Waals surface area contributed by atoms with Crippen molar-refractivity contribution in [3.63, 3.8) is 0 Å². The number of carbonyl (C=O) groups is 1. The number of amides is 1. The number of carboxylic acid groups (broad SMARTS) is 1. The lowest BCUT2D eigenvalue weighted by atomic mass is 9.69. The molecule has 0 aliphatic carbocycles. The van der Waals surface area contributed by atoms with Crippen LogP contribution in [0.25, 0.3) is 0 Å². The quantitative estimate of drug-likeness (QED) is 0.600. The molecule has 1 amide bonds. The number of hydrogen-bond acceptors (Lipinski definition) is 2. The van der Waals surface area contributed by atoms with E-state index in [1.807, 2.05) is 0 Å². The van der Waals surface area contributed by atoms with E-state index >= 15 is 0 Å². The van der Waals surface area contributed by atoms with Crippen LogP contribution in [0.3, 0.4) is 0 Å². The third kappa shape index (κ3) is 2.18. The average Bonchev–Trinajstić information content (AvgIpc) is 2.02. The molecule has 4 nitrogen and oxygen atoms in total. The van der Waals surface area contributed by atoms with Crippen molar-refractivity contribution in [1.82, 2.24) is 10.6 Å². The lowest BCUT2D eigenvalue weighted by molar-refractivity contribution is 0.0942. The molecular formula is C10H20N2O2. The molecule has 0 unspecified atom stereocenters. The molecule has 0 aromatic heterocycles. The van der Waals surface area contributed by atoms with Crippen molar-refractivity contribution < 1.29 is 9.90 Å². The van der Waals surface area contributed by atoms with Gasteiger partial charge in [-0.2, -0.15) is 0 Å². The topological polar surface area (TPSA) is 61.4 Å². The summed E-state index contributed by atoms with van der Waals surface area (Å²) in [5, 5.41) is 14.8. The van der Waals surface area contributed by atoms with E-state index in [4.69, 9.17) is 5.11 Å². The van der Waals surface area contributed by atoms with Crippen LogP contribution in [0.5, 0.6) is 0 Å².